The van der Waals surface area contributed by atoms with Crippen LogP contribution in [0.5, 0.6) is 5.75 Å². The van der Waals surface area contributed by atoms with Gasteiger partial charge in [0.05, 0.1) is 25.3 Å². The Bertz CT molecular complexity index is 1010. The van der Waals surface area contributed by atoms with Crippen molar-refractivity contribution in [3.8, 4) is 5.75 Å². The molecular formula is C20H20N4O4. The summed E-state index contributed by atoms with van der Waals surface area (Å²) in [5.74, 6) is 1.31. The molecular weight excluding hydrogens is 360 g/mol. The molecule has 28 heavy (non-hydrogen) atoms. The smallest absolute Gasteiger partial charge is 0.416 e. The lowest BCUT2D eigenvalue weighted by atomic mass is 10.2. The predicted octanol–water partition coefficient (Wildman–Crippen LogP) is 3.11. The van der Waals surface area contributed by atoms with Gasteiger partial charge in [0.1, 0.15) is 29.4 Å². The number of H-pyrrole nitrogens is 1. The standard InChI is InChI=1S/C20H20N4O4/c1-26-11-14-12-28-20(25)24(14)18-10-9-17-19(21-18)16(22-23-17)8-5-13-3-6-15(27-2)7-4-13/h3-10,14H,11-12H2,1-2H3,(H,22,23)/b8-5+/t14-/m0/s1. The zero-order valence-electron chi connectivity index (χ0n) is 15.6. The summed E-state index contributed by atoms with van der Waals surface area (Å²) in [7, 11) is 3.23. The van der Waals surface area contributed by atoms with Gasteiger partial charge in [0.15, 0.2) is 0 Å². The molecule has 1 aromatic carbocycles. The van der Waals surface area contributed by atoms with Crippen LogP contribution in [0.15, 0.2) is 36.4 Å². The van der Waals surface area contributed by atoms with Crippen molar-refractivity contribution < 1.29 is 19.0 Å². The molecule has 1 saturated heterocycles. The van der Waals surface area contributed by atoms with Crippen molar-refractivity contribution in [2.45, 2.75) is 6.04 Å². The molecule has 2 aromatic heterocycles. The Kier molecular flexibility index (Phi) is 4.94. The van der Waals surface area contributed by atoms with Crippen LogP contribution in [0.3, 0.4) is 0 Å². The molecule has 8 nitrogen and oxygen atoms in total. The molecule has 1 aliphatic heterocycles. The van der Waals surface area contributed by atoms with E-state index in [2.05, 4.69) is 15.2 Å². The van der Waals surface area contributed by atoms with Crippen molar-refractivity contribution in [3.05, 3.63) is 47.7 Å². The first-order valence-corrected chi connectivity index (χ1v) is 8.82. The summed E-state index contributed by atoms with van der Waals surface area (Å²) in [6, 6.07) is 11.1. The van der Waals surface area contributed by atoms with Gasteiger partial charge >= 0.3 is 6.09 Å². The number of hydrogen-bond donors (Lipinski definition) is 1. The minimum absolute atomic E-state index is 0.201. The second-order valence-electron chi connectivity index (χ2n) is 6.34. The number of nitrogens with zero attached hydrogens (tertiary/aromatic N) is 3. The highest BCUT2D eigenvalue weighted by Crippen LogP contribution is 2.25. The number of cyclic esters (lactones) is 1. The number of fused-ring (bicyclic) bond motifs is 1. The molecule has 3 heterocycles. The van der Waals surface area contributed by atoms with Crippen LogP contribution >= 0.6 is 0 Å². The Morgan fingerprint density at radius 3 is 2.79 bits per heavy atom. The number of aromatic amines is 1. The molecule has 3 aromatic rings. The van der Waals surface area contributed by atoms with Gasteiger partial charge in [-0.05, 0) is 35.9 Å². The zero-order chi connectivity index (χ0) is 19.5. The van der Waals surface area contributed by atoms with Crippen LogP contribution in [-0.4, -0.2) is 54.7 Å². The van der Waals surface area contributed by atoms with E-state index in [1.807, 2.05) is 42.5 Å². The number of anilines is 1. The van der Waals surface area contributed by atoms with Crippen molar-refractivity contribution in [2.24, 2.45) is 0 Å². The zero-order valence-corrected chi connectivity index (χ0v) is 15.6. The molecule has 1 atom stereocenters. The van der Waals surface area contributed by atoms with Crippen LogP contribution in [-0.2, 0) is 9.47 Å². The molecule has 0 bridgehead atoms. The summed E-state index contributed by atoms with van der Waals surface area (Å²) in [6.07, 6.45) is 3.40. The van der Waals surface area contributed by atoms with Gasteiger partial charge in [0, 0.05) is 7.11 Å². The summed E-state index contributed by atoms with van der Waals surface area (Å²) in [5, 5.41) is 7.29. The molecule has 1 amide bonds. The van der Waals surface area contributed by atoms with Gasteiger partial charge in [-0.3, -0.25) is 10.00 Å². The second-order valence-corrected chi connectivity index (χ2v) is 6.34. The van der Waals surface area contributed by atoms with Crippen LogP contribution in [0.1, 0.15) is 11.3 Å². The van der Waals surface area contributed by atoms with Crippen LogP contribution in [0.25, 0.3) is 23.2 Å². The second kappa shape index (κ2) is 7.69. The molecule has 0 radical (unpaired) electrons. The fourth-order valence-electron chi connectivity index (χ4n) is 3.10. The highest BCUT2D eigenvalue weighted by Gasteiger charge is 2.35. The topological polar surface area (TPSA) is 89.6 Å². The first-order valence-electron chi connectivity index (χ1n) is 8.82. The molecule has 0 spiro atoms. The minimum atomic E-state index is -0.423. The summed E-state index contributed by atoms with van der Waals surface area (Å²) in [6.45, 7) is 0.656. The maximum Gasteiger partial charge on any atom is 0.416 e. The quantitative estimate of drug-likeness (QED) is 0.707. The maximum atomic E-state index is 12.1. The summed E-state index contributed by atoms with van der Waals surface area (Å²) < 4.78 is 15.5. The number of hydrogen-bond acceptors (Lipinski definition) is 6. The number of amides is 1. The Balaban J connectivity index is 1.64. The van der Waals surface area contributed by atoms with E-state index >= 15 is 0 Å². The largest absolute Gasteiger partial charge is 0.497 e. The fourth-order valence-corrected chi connectivity index (χ4v) is 3.10. The average Bonchev–Trinajstić information content (AvgIpc) is 3.30. The fraction of sp³-hybridized carbons (Fsp3) is 0.250. The van der Waals surface area contributed by atoms with Gasteiger partial charge in [-0.2, -0.15) is 5.10 Å². The highest BCUT2D eigenvalue weighted by atomic mass is 16.6. The van der Waals surface area contributed by atoms with Gasteiger partial charge in [0.25, 0.3) is 0 Å². The van der Waals surface area contributed by atoms with Gasteiger partial charge < -0.3 is 14.2 Å². The number of rotatable bonds is 6. The van der Waals surface area contributed by atoms with Crippen molar-refractivity contribution in [3.63, 3.8) is 0 Å². The summed E-state index contributed by atoms with van der Waals surface area (Å²) >= 11 is 0. The lowest BCUT2D eigenvalue weighted by molar-refractivity contribution is 0.156. The first-order chi connectivity index (χ1) is 13.7. The average molecular weight is 380 g/mol. The molecule has 0 saturated carbocycles. The van der Waals surface area contributed by atoms with E-state index in [-0.39, 0.29) is 12.6 Å². The molecule has 0 aliphatic carbocycles. The van der Waals surface area contributed by atoms with E-state index in [1.54, 1.807) is 20.3 Å². The number of benzene rings is 1. The lowest BCUT2D eigenvalue weighted by Crippen LogP contribution is -2.37. The molecule has 4 rings (SSSR count). The molecule has 1 aliphatic rings. The molecule has 1 N–H and O–H groups in total. The third kappa shape index (κ3) is 3.41. The summed E-state index contributed by atoms with van der Waals surface area (Å²) in [4.78, 5) is 18.3. The molecule has 0 unspecified atom stereocenters. The molecule has 8 heteroatoms. The normalized spacial score (nSPS) is 16.9. The minimum Gasteiger partial charge on any atom is -0.497 e. The lowest BCUT2D eigenvalue weighted by Gasteiger charge is -2.19. The van der Waals surface area contributed by atoms with Crippen molar-refractivity contribution >= 4 is 35.1 Å². The Labute approximate surface area is 161 Å². The van der Waals surface area contributed by atoms with Crippen LogP contribution in [0.2, 0.25) is 0 Å². The van der Waals surface area contributed by atoms with Gasteiger partial charge in [-0.1, -0.05) is 18.2 Å². The third-order valence-corrected chi connectivity index (χ3v) is 4.54. The van der Waals surface area contributed by atoms with Crippen LogP contribution in [0, 0.1) is 0 Å². The number of nitrogens with one attached hydrogen (secondary N) is 1. The maximum absolute atomic E-state index is 12.1. The number of carbonyl (C=O) groups is 1. The van der Waals surface area contributed by atoms with Gasteiger partial charge in [-0.15, -0.1) is 0 Å². The molecule has 144 valence electrons. The number of aromatic nitrogens is 3. The molecule has 1 fully saturated rings. The third-order valence-electron chi connectivity index (χ3n) is 4.54. The van der Waals surface area contributed by atoms with E-state index in [1.165, 1.54) is 4.90 Å². The highest BCUT2D eigenvalue weighted by molar-refractivity contribution is 5.92. The van der Waals surface area contributed by atoms with Crippen LogP contribution < -0.4 is 9.64 Å². The number of pyridine rings is 1. The van der Waals surface area contributed by atoms with E-state index in [0.717, 1.165) is 16.8 Å². The number of ether oxygens (including phenoxy) is 3. The number of carbonyl (C=O) groups excluding carboxylic acids is 1. The Morgan fingerprint density at radius 2 is 2.04 bits per heavy atom. The van der Waals surface area contributed by atoms with E-state index in [9.17, 15) is 4.79 Å². The van der Waals surface area contributed by atoms with E-state index in [0.29, 0.717) is 23.6 Å². The van der Waals surface area contributed by atoms with Crippen LogP contribution in [0.4, 0.5) is 10.6 Å². The van der Waals surface area contributed by atoms with Gasteiger partial charge in [-0.25, -0.2) is 9.78 Å². The number of methoxy groups -OCH3 is 2. The Morgan fingerprint density at radius 1 is 1.21 bits per heavy atom. The SMILES string of the molecule is COC[C@H]1COC(=O)N1c1ccc2[nH]nc(/C=C/c3ccc(OC)cc3)c2n1. The van der Waals surface area contributed by atoms with Crippen molar-refractivity contribution in [1.82, 2.24) is 15.2 Å². The first kappa shape index (κ1) is 18.0. The summed E-state index contributed by atoms with van der Waals surface area (Å²) in [5.41, 5.74) is 3.16. The van der Waals surface area contributed by atoms with Crippen molar-refractivity contribution in [1.29, 1.82) is 0 Å². The monoisotopic (exact) mass is 380 g/mol. The van der Waals surface area contributed by atoms with Gasteiger partial charge in [0.2, 0.25) is 0 Å². The van der Waals surface area contributed by atoms with E-state index < -0.39 is 6.09 Å². The van der Waals surface area contributed by atoms with E-state index in [4.69, 9.17) is 14.2 Å². The van der Waals surface area contributed by atoms with Crippen molar-refractivity contribution in [2.75, 3.05) is 32.3 Å². The predicted molar refractivity (Wildman–Crippen MR) is 105 cm³/mol. The Hall–Kier alpha value is -3.39.